The fourth-order valence-electron chi connectivity index (χ4n) is 1.97. The Morgan fingerprint density at radius 2 is 1.79 bits per heavy atom. The van der Waals surface area contributed by atoms with E-state index in [0.717, 1.165) is 11.1 Å². The summed E-state index contributed by atoms with van der Waals surface area (Å²) in [5.41, 5.74) is 4.22. The number of methoxy groups -OCH3 is 2. The van der Waals surface area contributed by atoms with E-state index in [4.69, 9.17) is 14.2 Å². The number of carbonyl (C=O) groups excluding carboxylic acids is 1. The molecule has 1 amide bonds. The summed E-state index contributed by atoms with van der Waals surface area (Å²) in [6.07, 6.45) is 1.51. The molecular formula is C18H20N2O4. The molecule has 2 aromatic rings. The molecule has 0 spiro atoms. The number of amides is 1. The van der Waals surface area contributed by atoms with Crippen molar-refractivity contribution in [1.29, 1.82) is 0 Å². The SMILES string of the molecule is COc1cc(/C=N/NC(=O)COc2cccc(C)c2)cc(OC)c1. The highest BCUT2D eigenvalue weighted by Crippen LogP contribution is 2.21. The predicted molar refractivity (Wildman–Crippen MR) is 92.0 cm³/mol. The van der Waals surface area contributed by atoms with Gasteiger partial charge >= 0.3 is 0 Å². The fraction of sp³-hybridized carbons (Fsp3) is 0.222. The van der Waals surface area contributed by atoms with Gasteiger partial charge in [-0.05, 0) is 36.8 Å². The van der Waals surface area contributed by atoms with Crippen LogP contribution >= 0.6 is 0 Å². The third kappa shape index (κ3) is 5.31. The number of nitrogens with zero attached hydrogens (tertiary/aromatic N) is 1. The Morgan fingerprint density at radius 1 is 1.08 bits per heavy atom. The molecule has 6 nitrogen and oxygen atoms in total. The summed E-state index contributed by atoms with van der Waals surface area (Å²) in [6.45, 7) is 1.85. The smallest absolute Gasteiger partial charge is 0.277 e. The number of aryl methyl sites for hydroxylation is 1. The van der Waals surface area contributed by atoms with Crippen LogP contribution < -0.4 is 19.6 Å². The first-order chi connectivity index (χ1) is 11.6. The van der Waals surface area contributed by atoms with Crippen molar-refractivity contribution in [2.24, 2.45) is 5.10 Å². The van der Waals surface area contributed by atoms with Gasteiger partial charge in [0.1, 0.15) is 17.2 Å². The van der Waals surface area contributed by atoms with Crippen molar-refractivity contribution in [2.75, 3.05) is 20.8 Å². The van der Waals surface area contributed by atoms with Crippen LogP contribution in [0.2, 0.25) is 0 Å². The third-order valence-electron chi connectivity index (χ3n) is 3.14. The summed E-state index contributed by atoms with van der Waals surface area (Å²) in [7, 11) is 3.14. The molecule has 0 unspecified atom stereocenters. The van der Waals surface area contributed by atoms with Crippen LogP contribution in [0.5, 0.6) is 17.2 Å². The zero-order valence-electron chi connectivity index (χ0n) is 13.9. The number of carbonyl (C=O) groups is 1. The van der Waals surface area contributed by atoms with Crippen LogP contribution in [0, 0.1) is 6.92 Å². The second kappa shape index (κ2) is 8.57. The first-order valence-electron chi connectivity index (χ1n) is 7.35. The van der Waals surface area contributed by atoms with Gasteiger partial charge < -0.3 is 14.2 Å². The minimum absolute atomic E-state index is 0.109. The van der Waals surface area contributed by atoms with Crippen LogP contribution in [-0.2, 0) is 4.79 Å². The Kier molecular flexibility index (Phi) is 6.19. The van der Waals surface area contributed by atoms with Gasteiger partial charge in [-0.2, -0.15) is 5.10 Å². The normalized spacial score (nSPS) is 10.5. The largest absolute Gasteiger partial charge is 0.497 e. The molecule has 0 aromatic heterocycles. The van der Waals surface area contributed by atoms with E-state index in [9.17, 15) is 4.79 Å². The van der Waals surface area contributed by atoms with Crippen LogP contribution in [0.15, 0.2) is 47.6 Å². The highest BCUT2D eigenvalue weighted by molar-refractivity contribution is 5.83. The van der Waals surface area contributed by atoms with Gasteiger partial charge in [0.15, 0.2) is 6.61 Å². The maximum Gasteiger partial charge on any atom is 0.277 e. The van der Waals surface area contributed by atoms with Crippen molar-refractivity contribution in [2.45, 2.75) is 6.92 Å². The van der Waals surface area contributed by atoms with Crippen molar-refractivity contribution >= 4 is 12.1 Å². The molecule has 2 aromatic carbocycles. The van der Waals surface area contributed by atoms with Crippen molar-refractivity contribution in [3.05, 3.63) is 53.6 Å². The van der Waals surface area contributed by atoms with Crippen molar-refractivity contribution in [3.63, 3.8) is 0 Å². The van der Waals surface area contributed by atoms with Gasteiger partial charge in [-0.1, -0.05) is 12.1 Å². The average Bonchev–Trinajstić information content (AvgIpc) is 2.59. The lowest BCUT2D eigenvalue weighted by atomic mass is 10.2. The highest BCUT2D eigenvalue weighted by atomic mass is 16.5. The number of nitrogens with one attached hydrogen (secondary N) is 1. The second-order valence-corrected chi connectivity index (χ2v) is 5.04. The van der Waals surface area contributed by atoms with Crippen molar-refractivity contribution in [1.82, 2.24) is 5.43 Å². The molecule has 0 bridgehead atoms. The minimum atomic E-state index is -0.345. The number of ether oxygens (including phenoxy) is 3. The molecule has 2 rings (SSSR count). The molecular weight excluding hydrogens is 308 g/mol. The van der Waals surface area contributed by atoms with Crippen LogP contribution in [0.4, 0.5) is 0 Å². The summed E-state index contributed by atoms with van der Waals surface area (Å²) < 4.78 is 15.7. The lowest BCUT2D eigenvalue weighted by molar-refractivity contribution is -0.123. The number of hydrazone groups is 1. The fourth-order valence-corrected chi connectivity index (χ4v) is 1.97. The Bertz CT molecular complexity index is 706. The predicted octanol–water partition coefficient (Wildman–Crippen LogP) is 2.54. The van der Waals surface area contributed by atoms with E-state index in [1.54, 1.807) is 38.5 Å². The van der Waals surface area contributed by atoms with Crippen LogP contribution in [0.1, 0.15) is 11.1 Å². The van der Waals surface area contributed by atoms with E-state index < -0.39 is 0 Å². The van der Waals surface area contributed by atoms with Gasteiger partial charge in [-0.15, -0.1) is 0 Å². The third-order valence-corrected chi connectivity index (χ3v) is 3.14. The number of benzene rings is 2. The first-order valence-corrected chi connectivity index (χ1v) is 7.35. The molecule has 1 N–H and O–H groups in total. The molecule has 0 saturated heterocycles. The Labute approximate surface area is 141 Å². The molecule has 24 heavy (non-hydrogen) atoms. The molecule has 0 atom stereocenters. The van der Waals surface area contributed by atoms with Gasteiger partial charge in [0.2, 0.25) is 0 Å². The molecule has 0 heterocycles. The topological polar surface area (TPSA) is 69.2 Å². The zero-order chi connectivity index (χ0) is 17.4. The van der Waals surface area contributed by atoms with E-state index in [0.29, 0.717) is 17.2 Å². The number of hydrogen-bond acceptors (Lipinski definition) is 5. The van der Waals surface area contributed by atoms with E-state index in [2.05, 4.69) is 10.5 Å². The van der Waals surface area contributed by atoms with Crippen molar-refractivity contribution < 1.29 is 19.0 Å². The molecule has 0 fully saturated rings. The summed E-state index contributed by atoms with van der Waals surface area (Å²) in [6, 6.07) is 12.8. The van der Waals surface area contributed by atoms with Crippen LogP contribution in [0.3, 0.4) is 0 Å². The second-order valence-electron chi connectivity index (χ2n) is 5.04. The quantitative estimate of drug-likeness (QED) is 0.626. The Hall–Kier alpha value is -3.02. The van der Waals surface area contributed by atoms with Gasteiger partial charge in [-0.25, -0.2) is 5.43 Å². The standard InChI is InChI=1S/C18H20N2O4/c1-13-5-4-6-15(7-13)24-12-18(21)20-19-11-14-8-16(22-2)10-17(9-14)23-3/h4-11H,12H2,1-3H3,(H,20,21)/b19-11+. The molecule has 6 heteroatoms. The minimum Gasteiger partial charge on any atom is -0.497 e. The summed E-state index contributed by atoms with van der Waals surface area (Å²) in [4.78, 5) is 11.7. The molecule has 0 aliphatic rings. The van der Waals surface area contributed by atoms with E-state index >= 15 is 0 Å². The van der Waals surface area contributed by atoms with E-state index in [1.165, 1.54) is 6.21 Å². The van der Waals surface area contributed by atoms with Gasteiger partial charge in [0.05, 0.1) is 20.4 Å². The number of rotatable bonds is 7. The lowest BCUT2D eigenvalue weighted by Crippen LogP contribution is -2.24. The molecule has 0 radical (unpaired) electrons. The zero-order valence-corrected chi connectivity index (χ0v) is 13.9. The van der Waals surface area contributed by atoms with Crippen LogP contribution in [-0.4, -0.2) is 32.9 Å². The molecule has 0 aliphatic heterocycles. The van der Waals surface area contributed by atoms with E-state index in [-0.39, 0.29) is 12.5 Å². The highest BCUT2D eigenvalue weighted by Gasteiger charge is 2.02. The van der Waals surface area contributed by atoms with E-state index in [1.807, 2.05) is 25.1 Å². The Morgan fingerprint density at radius 3 is 2.42 bits per heavy atom. The molecule has 126 valence electrons. The van der Waals surface area contributed by atoms with Gasteiger partial charge in [-0.3, -0.25) is 4.79 Å². The van der Waals surface area contributed by atoms with Crippen molar-refractivity contribution in [3.8, 4) is 17.2 Å². The lowest BCUT2D eigenvalue weighted by Gasteiger charge is -2.06. The maximum atomic E-state index is 11.7. The molecule has 0 aliphatic carbocycles. The summed E-state index contributed by atoms with van der Waals surface area (Å²) >= 11 is 0. The van der Waals surface area contributed by atoms with Gasteiger partial charge in [0, 0.05) is 11.6 Å². The monoisotopic (exact) mass is 328 g/mol. The molecule has 0 saturated carbocycles. The summed E-state index contributed by atoms with van der Waals surface area (Å²) in [5, 5.41) is 3.91. The van der Waals surface area contributed by atoms with Gasteiger partial charge in [0.25, 0.3) is 5.91 Å². The maximum absolute atomic E-state index is 11.7. The van der Waals surface area contributed by atoms with Crippen LogP contribution in [0.25, 0.3) is 0 Å². The average molecular weight is 328 g/mol. The Balaban J connectivity index is 1.88. The number of hydrogen-bond donors (Lipinski definition) is 1. The first kappa shape index (κ1) is 17.3. The summed E-state index contributed by atoms with van der Waals surface area (Å²) in [5.74, 6) is 1.59.